The molecule has 0 radical (unpaired) electrons. The smallest absolute Gasteiger partial charge is 0.315 e. The maximum atomic E-state index is 15.0. The van der Waals surface area contributed by atoms with Gasteiger partial charge in [0.1, 0.15) is 12.2 Å². The number of carbonyl (C=O) groups is 2. The molecule has 2 aromatic rings. The number of aliphatic hydroxyl groups excluding tert-OH is 1. The third-order valence-corrected chi connectivity index (χ3v) is 5.46. The Morgan fingerprint density at radius 2 is 1.94 bits per heavy atom. The molecular formula is C19H22F4N8O5. The lowest BCUT2D eigenvalue weighted by Crippen LogP contribution is -2.37. The van der Waals surface area contributed by atoms with Crippen LogP contribution >= 0.6 is 0 Å². The van der Waals surface area contributed by atoms with Crippen LogP contribution < -0.4 is 15.1 Å². The van der Waals surface area contributed by atoms with Gasteiger partial charge in [0.25, 0.3) is 11.8 Å². The SMILES string of the molecule is O=C(NC[C@H]1CN(c2cc(F)c(N3CCON(C(=O)Cn4ncnn4)CC3)c(F)c2)C(O)O1)C(F)F. The van der Waals surface area contributed by atoms with Crippen LogP contribution in [0.25, 0.3) is 0 Å². The highest BCUT2D eigenvalue weighted by Gasteiger charge is 2.34. The molecule has 1 unspecified atom stereocenters. The van der Waals surface area contributed by atoms with E-state index in [2.05, 4.69) is 15.4 Å². The van der Waals surface area contributed by atoms with Gasteiger partial charge < -0.3 is 25.0 Å². The molecule has 2 N–H and O–H groups in total. The number of aliphatic hydroxyl groups is 1. The monoisotopic (exact) mass is 518 g/mol. The fourth-order valence-electron chi connectivity index (χ4n) is 3.79. The average molecular weight is 518 g/mol. The van der Waals surface area contributed by atoms with Crippen molar-refractivity contribution in [3.63, 3.8) is 0 Å². The number of aromatic nitrogens is 4. The maximum Gasteiger partial charge on any atom is 0.315 e. The second-order valence-corrected chi connectivity index (χ2v) is 7.82. The number of rotatable bonds is 7. The lowest BCUT2D eigenvalue weighted by Gasteiger charge is -2.26. The number of tetrazole rings is 1. The molecule has 2 aliphatic rings. The van der Waals surface area contributed by atoms with Gasteiger partial charge in [0, 0.05) is 25.3 Å². The van der Waals surface area contributed by atoms with Crippen LogP contribution in [0.3, 0.4) is 0 Å². The molecule has 2 aliphatic heterocycles. The minimum Gasteiger partial charge on any atom is -0.362 e. The summed E-state index contributed by atoms with van der Waals surface area (Å²) in [6, 6.07) is 1.99. The largest absolute Gasteiger partial charge is 0.362 e. The minimum atomic E-state index is -3.21. The Hall–Kier alpha value is -3.57. The predicted molar refractivity (Wildman–Crippen MR) is 111 cm³/mol. The summed E-state index contributed by atoms with van der Waals surface area (Å²) >= 11 is 0. The highest BCUT2D eigenvalue weighted by molar-refractivity contribution is 5.79. The molecular weight excluding hydrogens is 496 g/mol. The van der Waals surface area contributed by atoms with Crippen molar-refractivity contribution in [3.05, 3.63) is 30.1 Å². The highest BCUT2D eigenvalue weighted by Crippen LogP contribution is 2.32. The fraction of sp³-hybridized carbons (Fsp3) is 0.526. The van der Waals surface area contributed by atoms with E-state index < -0.39 is 42.4 Å². The van der Waals surface area contributed by atoms with Crippen LogP contribution in [0.2, 0.25) is 0 Å². The number of amides is 2. The van der Waals surface area contributed by atoms with Gasteiger partial charge in [0.2, 0.25) is 6.41 Å². The first kappa shape index (κ1) is 25.5. The summed E-state index contributed by atoms with van der Waals surface area (Å²) in [7, 11) is 0. The summed E-state index contributed by atoms with van der Waals surface area (Å²) in [5, 5.41) is 24.0. The number of hydroxylamine groups is 2. The van der Waals surface area contributed by atoms with E-state index in [0.717, 1.165) is 26.9 Å². The van der Waals surface area contributed by atoms with Gasteiger partial charge in [-0.25, -0.2) is 13.8 Å². The Morgan fingerprint density at radius 3 is 2.61 bits per heavy atom. The van der Waals surface area contributed by atoms with E-state index in [1.54, 1.807) is 0 Å². The van der Waals surface area contributed by atoms with Crippen molar-refractivity contribution in [2.45, 2.75) is 25.5 Å². The Bertz CT molecular complexity index is 1060. The standard InChI is InChI=1S/C19H22F4N8O5/c20-13-5-11(29-8-12(36-19(29)34)7-24-18(33)17(22)23)6-14(21)16(13)28-1-2-30(35-4-3-28)15(32)9-31-26-10-25-27-31/h5-6,10,12,17,19,34H,1-4,7-9H2,(H,24,33)/t12-,19?/m0/s1. The minimum absolute atomic E-state index is 0.0128. The number of halogens is 4. The Balaban J connectivity index is 1.39. The number of hydrogen-bond donors (Lipinski definition) is 2. The van der Waals surface area contributed by atoms with Gasteiger partial charge in [0.05, 0.1) is 25.8 Å². The van der Waals surface area contributed by atoms with Crippen molar-refractivity contribution >= 4 is 23.2 Å². The summed E-state index contributed by atoms with van der Waals surface area (Å²) in [6.07, 6.45) is -4.52. The van der Waals surface area contributed by atoms with E-state index in [1.165, 1.54) is 11.2 Å². The molecule has 0 bridgehead atoms. The van der Waals surface area contributed by atoms with Crippen molar-refractivity contribution in [2.75, 3.05) is 49.1 Å². The van der Waals surface area contributed by atoms with Crippen LogP contribution in [-0.2, 0) is 25.7 Å². The number of benzene rings is 1. The van der Waals surface area contributed by atoms with Crippen LogP contribution in [0.4, 0.5) is 28.9 Å². The van der Waals surface area contributed by atoms with Crippen molar-refractivity contribution in [1.29, 1.82) is 0 Å². The number of ether oxygens (including phenoxy) is 1. The van der Waals surface area contributed by atoms with E-state index in [0.29, 0.717) is 0 Å². The topological polar surface area (TPSA) is 138 Å². The number of nitrogens with one attached hydrogen (secondary N) is 1. The number of nitrogens with zero attached hydrogens (tertiary/aromatic N) is 7. The molecule has 3 heterocycles. The molecule has 0 aliphatic carbocycles. The zero-order valence-electron chi connectivity index (χ0n) is 18.6. The molecule has 17 heteroatoms. The average Bonchev–Trinajstić information content (AvgIpc) is 3.40. The number of carbonyl (C=O) groups excluding carboxylic acids is 2. The van der Waals surface area contributed by atoms with Crippen molar-refractivity contribution in [1.82, 2.24) is 30.6 Å². The third-order valence-electron chi connectivity index (χ3n) is 5.46. The predicted octanol–water partition coefficient (Wildman–Crippen LogP) is -0.906. The zero-order chi connectivity index (χ0) is 25.8. The lowest BCUT2D eigenvalue weighted by molar-refractivity contribution is -0.183. The van der Waals surface area contributed by atoms with Gasteiger partial charge in [0.15, 0.2) is 18.0 Å². The summed E-state index contributed by atoms with van der Waals surface area (Å²) in [6.45, 7) is -0.524. The van der Waals surface area contributed by atoms with Crippen LogP contribution in [0.15, 0.2) is 18.5 Å². The first-order valence-electron chi connectivity index (χ1n) is 10.8. The fourth-order valence-corrected chi connectivity index (χ4v) is 3.79. The Labute approximate surface area is 201 Å². The second-order valence-electron chi connectivity index (χ2n) is 7.82. The molecule has 0 spiro atoms. The van der Waals surface area contributed by atoms with E-state index in [4.69, 9.17) is 9.57 Å². The van der Waals surface area contributed by atoms with Crippen LogP contribution in [0.5, 0.6) is 0 Å². The maximum absolute atomic E-state index is 15.0. The molecule has 2 fully saturated rings. The molecule has 0 saturated carbocycles. The number of alkyl halides is 2. The summed E-state index contributed by atoms with van der Waals surface area (Å²) in [5.41, 5.74) is -0.392. The molecule has 2 saturated heterocycles. The van der Waals surface area contributed by atoms with Crippen LogP contribution in [0, 0.1) is 11.6 Å². The molecule has 13 nitrogen and oxygen atoms in total. The molecule has 1 aromatic carbocycles. The molecule has 4 rings (SSSR count). The van der Waals surface area contributed by atoms with Gasteiger partial charge in [-0.1, -0.05) is 0 Å². The first-order valence-corrected chi connectivity index (χ1v) is 10.8. The molecule has 2 atom stereocenters. The quantitative estimate of drug-likeness (QED) is 0.444. The lowest BCUT2D eigenvalue weighted by atomic mass is 10.2. The summed E-state index contributed by atoms with van der Waals surface area (Å²) in [5.74, 6) is -3.82. The van der Waals surface area contributed by atoms with Gasteiger partial charge in [-0.2, -0.15) is 13.6 Å². The molecule has 1 aromatic heterocycles. The van der Waals surface area contributed by atoms with E-state index in [1.807, 2.05) is 5.32 Å². The normalized spacial score (nSPS) is 20.7. The van der Waals surface area contributed by atoms with Crippen molar-refractivity contribution in [3.8, 4) is 0 Å². The number of hydrogen-bond acceptors (Lipinski definition) is 10. The van der Waals surface area contributed by atoms with Crippen molar-refractivity contribution in [2.24, 2.45) is 0 Å². The van der Waals surface area contributed by atoms with Gasteiger partial charge in [-0.3, -0.25) is 14.4 Å². The van der Waals surface area contributed by atoms with Gasteiger partial charge in [-0.15, -0.1) is 10.2 Å². The zero-order valence-corrected chi connectivity index (χ0v) is 18.6. The molecule has 196 valence electrons. The van der Waals surface area contributed by atoms with Crippen LogP contribution in [0.1, 0.15) is 0 Å². The summed E-state index contributed by atoms with van der Waals surface area (Å²) < 4.78 is 59.9. The van der Waals surface area contributed by atoms with Crippen molar-refractivity contribution < 1.29 is 41.8 Å². The number of anilines is 2. The van der Waals surface area contributed by atoms with E-state index in [-0.39, 0.29) is 57.3 Å². The third kappa shape index (κ3) is 5.80. The van der Waals surface area contributed by atoms with Crippen LogP contribution in [-0.4, -0.2) is 100 Å². The summed E-state index contributed by atoms with van der Waals surface area (Å²) in [4.78, 5) is 32.4. The Morgan fingerprint density at radius 1 is 1.19 bits per heavy atom. The Kier molecular flexibility index (Phi) is 7.80. The molecule has 2 amide bonds. The van der Waals surface area contributed by atoms with Gasteiger partial charge in [-0.05, 0) is 17.3 Å². The highest BCUT2D eigenvalue weighted by atomic mass is 19.3. The van der Waals surface area contributed by atoms with Gasteiger partial charge >= 0.3 is 6.43 Å². The first-order chi connectivity index (χ1) is 17.2. The van der Waals surface area contributed by atoms with E-state index >= 15 is 8.78 Å². The van der Waals surface area contributed by atoms with E-state index in [9.17, 15) is 23.5 Å². The second kappa shape index (κ2) is 11.0. The molecule has 36 heavy (non-hydrogen) atoms.